The second-order valence-electron chi connectivity index (χ2n) is 3.14. The molecule has 0 atom stereocenters. The molecule has 0 saturated heterocycles. The monoisotopic (exact) mass is 144 g/mol. The van der Waals surface area contributed by atoms with Crippen molar-refractivity contribution in [2.75, 3.05) is 0 Å². The Morgan fingerprint density at radius 3 is 1.60 bits per heavy atom. The fraction of sp³-hybridized carbons (Fsp3) is 0.625. The van der Waals surface area contributed by atoms with Gasteiger partial charge in [0.15, 0.2) is 0 Å². The Morgan fingerprint density at radius 1 is 1.50 bits per heavy atom. The van der Waals surface area contributed by atoms with Crippen LogP contribution in [0.1, 0.15) is 27.7 Å². The average Bonchev–Trinajstić information content (AvgIpc) is 1.64. The fourth-order valence-corrected chi connectivity index (χ4v) is 0. The quantitative estimate of drug-likeness (QED) is 0.418. The fourth-order valence-electron chi connectivity index (χ4n) is 0. The highest BCUT2D eigenvalue weighted by Gasteiger charge is 2.08. The van der Waals surface area contributed by atoms with Crippen LogP contribution in [0.3, 0.4) is 0 Å². The third-order valence-electron chi connectivity index (χ3n) is 1.28. The van der Waals surface area contributed by atoms with Crippen LogP contribution in [0.5, 0.6) is 0 Å². The molecule has 1 N–H and O–H groups in total. The van der Waals surface area contributed by atoms with E-state index in [-0.39, 0.29) is 6.47 Å². The number of hydrogen-bond donors (Lipinski definition) is 1. The highest BCUT2D eigenvalue weighted by atomic mass is 16.3. The lowest BCUT2D eigenvalue weighted by atomic mass is 9.89. The lowest BCUT2D eigenvalue weighted by Crippen LogP contribution is -2.04. The van der Waals surface area contributed by atoms with Crippen LogP contribution in [0.15, 0.2) is 12.2 Å². The van der Waals surface area contributed by atoms with E-state index in [9.17, 15) is 0 Å². The molecule has 0 aliphatic rings. The molecule has 0 aliphatic heterocycles. The van der Waals surface area contributed by atoms with E-state index in [1.165, 1.54) is 5.57 Å². The highest BCUT2D eigenvalue weighted by Crippen LogP contribution is 2.21. The molecule has 0 unspecified atom stereocenters. The maximum Gasteiger partial charge on any atom is 0.290 e. The van der Waals surface area contributed by atoms with Gasteiger partial charge in [0, 0.05) is 0 Å². The van der Waals surface area contributed by atoms with Gasteiger partial charge in [-0.15, -0.1) is 0 Å². The second kappa shape index (κ2) is 5.03. The average molecular weight is 144 g/mol. The van der Waals surface area contributed by atoms with Gasteiger partial charge in [0.05, 0.1) is 0 Å². The van der Waals surface area contributed by atoms with Gasteiger partial charge in [-0.3, -0.25) is 4.79 Å². The van der Waals surface area contributed by atoms with Gasteiger partial charge in [-0.05, 0) is 12.3 Å². The van der Waals surface area contributed by atoms with E-state index in [2.05, 4.69) is 34.3 Å². The lowest BCUT2D eigenvalue weighted by Gasteiger charge is -2.16. The molecule has 0 radical (unpaired) electrons. The molecule has 0 aromatic rings. The van der Waals surface area contributed by atoms with Crippen LogP contribution < -0.4 is 0 Å². The van der Waals surface area contributed by atoms with Gasteiger partial charge in [-0.1, -0.05) is 32.9 Å². The number of carbonyl (C=O) groups is 1. The summed E-state index contributed by atoms with van der Waals surface area (Å²) < 4.78 is 0. The minimum absolute atomic E-state index is 0.250. The molecule has 0 bridgehead atoms. The molecule has 0 heterocycles. The summed E-state index contributed by atoms with van der Waals surface area (Å²) in [7, 11) is 0. The van der Waals surface area contributed by atoms with E-state index < -0.39 is 0 Å². The van der Waals surface area contributed by atoms with Crippen molar-refractivity contribution in [2.24, 2.45) is 5.41 Å². The van der Waals surface area contributed by atoms with Crippen molar-refractivity contribution >= 4 is 6.47 Å². The van der Waals surface area contributed by atoms with Crippen LogP contribution in [0.25, 0.3) is 0 Å². The smallest absolute Gasteiger partial charge is 0.290 e. The van der Waals surface area contributed by atoms with Gasteiger partial charge in [0.1, 0.15) is 0 Å². The normalized spacial score (nSPS) is 9.20. The Morgan fingerprint density at radius 2 is 1.60 bits per heavy atom. The summed E-state index contributed by atoms with van der Waals surface area (Å²) in [6.07, 6.45) is 0. The van der Waals surface area contributed by atoms with Gasteiger partial charge in [0.25, 0.3) is 6.47 Å². The molecule has 2 heteroatoms. The standard InChI is InChI=1S/C7H14.CH2O2/c1-6(2)7(3,4)5;2-1-3/h1H2,2-5H3;1H,(H,2,3). The zero-order valence-electron chi connectivity index (χ0n) is 7.14. The molecule has 10 heavy (non-hydrogen) atoms. The summed E-state index contributed by atoms with van der Waals surface area (Å²) in [6.45, 7) is 12.1. The molecular weight excluding hydrogens is 128 g/mol. The van der Waals surface area contributed by atoms with E-state index in [4.69, 9.17) is 9.90 Å². The molecular formula is C8H16O2. The van der Waals surface area contributed by atoms with Crippen molar-refractivity contribution in [3.8, 4) is 0 Å². The molecule has 0 spiro atoms. The number of allylic oxidation sites excluding steroid dienone is 1. The van der Waals surface area contributed by atoms with Gasteiger partial charge in [0.2, 0.25) is 0 Å². The Balaban J connectivity index is 0. The van der Waals surface area contributed by atoms with Crippen LogP contribution in [0.2, 0.25) is 0 Å². The summed E-state index contributed by atoms with van der Waals surface area (Å²) in [5.41, 5.74) is 1.55. The third-order valence-corrected chi connectivity index (χ3v) is 1.28. The van der Waals surface area contributed by atoms with Crippen molar-refractivity contribution in [3.63, 3.8) is 0 Å². The van der Waals surface area contributed by atoms with Crippen LogP contribution >= 0.6 is 0 Å². The van der Waals surface area contributed by atoms with Gasteiger partial charge in [-0.25, -0.2) is 0 Å². The molecule has 0 saturated carbocycles. The van der Waals surface area contributed by atoms with Crippen molar-refractivity contribution in [1.29, 1.82) is 0 Å². The van der Waals surface area contributed by atoms with Crippen LogP contribution in [-0.4, -0.2) is 11.6 Å². The Labute approximate surface area is 62.6 Å². The largest absolute Gasteiger partial charge is 0.483 e. The van der Waals surface area contributed by atoms with Crippen molar-refractivity contribution in [1.82, 2.24) is 0 Å². The summed E-state index contributed by atoms with van der Waals surface area (Å²) in [6, 6.07) is 0. The molecule has 0 aromatic carbocycles. The van der Waals surface area contributed by atoms with Crippen LogP contribution in [-0.2, 0) is 4.79 Å². The number of hydrogen-bond acceptors (Lipinski definition) is 1. The Kier molecular flexibility index (Phi) is 6.01. The number of rotatable bonds is 0. The Bertz CT molecular complexity index is 109. The van der Waals surface area contributed by atoms with Crippen molar-refractivity contribution in [2.45, 2.75) is 27.7 Å². The first-order valence-corrected chi connectivity index (χ1v) is 3.10. The maximum absolute atomic E-state index is 8.36. The molecule has 0 fully saturated rings. The third kappa shape index (κ3) is 10.2. The predicted molar refractivity (Wildman–Crippen MR) is 43.0 cm³/mol. The van der Waals surface area contributed by atoms with Crippen LogP contribution in [0.4, 0.5) is 0 Å². The topological polar surface area (TPSA) is 37.3 Å². The lowest BCUT2D eigenvalue weighted by molar-refractivity contribution is -0.122. The van der Waals surface area contributed by atoms with E-state index in [0.717, 1.165) is 0 Å². The minimum atomic E-state index is -0.250. The van der Waals surface area contributed by atoms with Gasteiger partial charge in [-0.2, -0.15) is 0 Å². The molecule has 2 nitrogen and oxygen atoms in total. The molecule has 0 aliphatic carbocycles. The number of carboxylic acid groups (broad SMARTS) is 1. The first-order chi connectivity index (χ1) is 4.36. The maximum atomic E-state index is 8.36. The minimum Gasteiger partial charge on any atom is -0.483 e. The summed E-state index contributed by atoms with van der Waals surface area (Å²) in [4.78, 5) is 8.36. The predicted octanol–water partition coefficient (Wildman–Crippen LogP) is 2.31. The first-order valence-electron chi connectivity index (χ1n) is 3.10. The molecule has 0 rings (SSSR count). The molecule has 0 aromatic heterocycles. The highest BCUT2D eigenvalue weighted by molar-refractivity contribution is 5.32. The first kappa shape index (κ1) is 11.9. The van der Waals surface area contributed by atoms with Crippen molar-refractivity contribution in [3.05, 3.63) is 12.2 Å². The van der Waals surface area contributed by atoms with Crippen molar-refractivity contribution < 1.29 is 9.90 Å². The zero-order valence-corrected chi connectivity index (χ0v) is 7.14. The Hall–Kier alpha value is -0.790. The van der Waals surface area contributed by atoms with Gasteiger partial charge < -0.3 is 5.11 Å². The summed E-state index contributed by atoms with van der Waals surface area (Å²) >= 11 is 0. The molecule has 60 valence electrons. The van der Waals surface area contributed by atoms with E-state index in [1.54, 1.807) is 0 Å². The van der Waals surface area contributed by atoms with E-state index in [1.807, 2.05) is 0 Å². The SMILES string of the molecule is C=C(C)C(C)(C)C.O=CO. The summed E-state index contributed by atoms with van der Waals surface area (Å²) in [5, 5.41) is 6.89. The van der Waals surface area contributed by atoms with Crippen LogP contribution in [0, 0.1) is 5.41 Å². The molecule has 0 amide bonds. The van der Waals surface area contributed by atoms with Gasteiger partial charge >= 0.3 is 0 Å². The van der Waals surface area contributed by atoms with E-state index >= 15 is 0 Å². The van der Waals surface area contributed by atoms with E-state index in [0.29, 0.717) is 5.41 Å². The second-order valence-corrected chi connectivity index (χ2v) is 3.14. The zero-order chi connectivity index (χ0) is 8.78. The summed E-state index contributed by atoms with van der Waals surface area (Å²) in [5.74, 6) is 0.